The molecule has 1 aliphatic carbocycles. The molecule has 1 aromatic rings. The Morgan fingerprint density at radius 3 is 2.95 bits per heavy atom. The van der Waals surface area contributed by atoms with Gasteiger partial charge in [0.05, 0.1) is 5.56 Å². The van der Waals surface area contributed by atoms with Gasteiger partial charge >= 0.3 is 0 Å². The normalized spacial score (nSPS) is 21.9. The van der Waals surface area contributed by atoms with E-state index in [0.29, 0.717) is 6.04 Å². The largest absolute Gasteiger partial charge is 0.384 e. The fourth-order valence-corrected chi connectivity index (χ4v) is 3.58. The lowest BCUT2D eigenvalue weighted by atomic mass is 9.94. The van der Waals surface area contributed by atoms with Gasteiger partial charge in [-0.1, -0.05) is 6.92 Å². The molecule has 3 N–H and O–H groups in total. The summed E-state index contributed by atoms with van der Waals surface area (Å²) < 4.78 is 0. The molecule has 108 valence electrons. The van der Waals surface area contributed by atoms with E-state index < -0.39 is 0 Å². The topological polar surface area (TPSA) is 66.0 Å². The van der Waals surface area contributed by atoms with E-state index in [4.69, 9.17) is 16.1 Å². The third kappa shape index (κ3) is 2.28. The van der Waals surface area contributed by atoms with Crippen molar-refractivity contribution in [1.29, 1.82) is 5.41 Å². The Kier molecular flexibility index (Phi) is 3.64. The highest BCUT2D eigenvalue weighted by Gasteiger charge is 2.28. The van der Waals surface area contributed by atoms with Crippen molar-refractivity contribution in [3.05, 3.63) is 22.9 Å². The first-order valence-electron chi connectivity index (χ1n) is 7.84. The third-order valence-electron chi connectivity index (χ3n) is 4.69. The van der Waals surface area contributed by atoms with Gasteiger partial charge in [-0.05, 0) is 56.6 Å². The molecule has 0 bridgehead atoms. The summed E-state index contributed by atoms with van der Waals surface area (Å²) in [5.74, 6) is 1.12. The molecule has 0 aromatic carbocycles. The van der Waals surface area contributed by atoms with Crippen molar-refractivity contribution in [1.82, 2.24) is 4.98 Å². The molecule has 0 radical (unpaired) electrons. The summed E-state index contributed by atoms with van der Waals surface area (Å²) in [7, 11) is 0. The molecular weight excluding hydrogens is 248 g/mol. The number of aromatic nitrogens is 1. The Morgan fingerprint density at radius 1 is 1.40 bits per heavy atom. The zero-order valence-electron chi connectivity index (χ0n) is 12.3. The number of fused-ring (bicyclic) bond motifs is 1. The second-order valence-corrected chi connectivity index (χ2v) is 5.98. The maximum atomic E-state index is 7.89. The van der Waals surface area contributed by atoms with Crippen molar-refractivity contribution in [2.24, 2.45) is 5.73 Å². The van der Waals surface area contributed by atoms with Crippen LogP contribution in [0.2, 0.25) is 0 Å². The van der Waals surface area contributed by atoms with E-state index in [9.17, 15) is 0 Å². The van der Waals surface area contributed by atoms with Gasteiger partial charge in [0.2, 0.25) is 0 Å². The van der Waals surface area contributed by atoms with Crippen LogP contribution in [-0.2, 0) is 12.8 Å². The van der Waals surface area contributed by atoms with Gasteiger partial charge in [-0.25, -0.2) is 4.98 Å². The van der Waals surface area contributed by atoms with Gasteiger partial charge < -0.3 is 10.6 Å². The van der Waals surface area contributed by atoms with Gasteiger partial charge in [0.1, 0.15) is 11.7 Å². The Hall–Kier alpha value is -1.58. The SMILES string of the molecule is CCC1CCCN1c1nc2c(cc1C(=N)N)CCCC2. The molecule has 1 aromatic heterocycles. The molecule has 2 aliphatic rings. The van der Waals surface area contributed by atoms with Crippen LogP contribution < -0.4 is 10.6 Å². The van der Waals surface area contributed by atoms with E-state index in [0.717, 1.165) is 37.2 Å². The molecule has 1 aliphatic heterocycles. The lowest BCUT2D eigenvalue weighted by Gasteiger charge is -2.28. The van der Waals surface area contributed by atoms with Crippen LogP contribution in [0.5, 0.6) is 0 Å². The van der Waals surface area contributed by atoms with E-state index in [2.05, 4.69) is 17.9 Å². The first-order valence-corrected chi connectivity index (χ1v) is 7.84. The van der Waals surface area contributed by atoms with Gasteiger partial charge in [-0.2, -0.15) is 0 Å². The van der Waals surface area contributed by atoms with Gasteiger partial charge in [-0.15, -0.1) is 0 Å². The third-order valence-corrected chi connectivity index (χ3v) is 4.69. The second kappa shape index (κ2) is 5.43. The van der Waals surface area contributed by atoms with Gasteiger partial charge in [0.15, 0.2) is 0 Å². The zero-order chi connectivity index (χ0) is 14.1. The predicted molar refractivity (Wildman–Crippen MR) is 82.6 cm³/mol. The maximum Gasteiger partial charge on any atom is 0.140 e. The maximum absolute atomic E-state index is 7.89. The molecule has 0 spiro atoms. The Morgan fingerprint density at radius 2 is 2.20 bits per heavy atom. The predicted octanol–water partition coefficient (Wildman–Crippen LogP) is 2.62. The molecule has 1 saturated heterocycles. The molecule has 20 heavy (non-hydrogen) atoms. The van der Waals surface area contributed by atoms with Crippen molar-refractivity contribution in [3.63, 3.8) is 0 Å². The molecule has 0 saturated carbocycles. The van der Waals surface area contributed by atoms with Crippen molar-refractivity contribution < 1.29 is 0 Å². The van der Waals surface area contributed by atoms with Crippen LogP contribution in [0.1, 0.15) is 55.8 Å². The van der Waals surface area contributed by atoms with Crippen LogP contribution in [0.3, 0.4) is 0 Å². The van der Waals surface area contributed by atoms with E-state index >= 15 is 0 Å². The number of amidine groups is 1. The smallest absolute Gasteiger partial charge is 0.140 e. The fourth-order valence-electron chi connectivity index (χ4n) is 3.58. The van der Waals surface area contributed by atoms with Crippen LogP contribution in [0, 0.1) is 5.41 Å². The highest BCUT2D eigenvalue weighted by molar-refractivity contribution is 6.00. The fraction of sp³-hybridized carbons (Fsp3) is 0.625. The number of hydrogen-bond donors (Lipinski definition) is 2. The summed E-state index contributed by atoms with van der Waals surface area (Å²) >= 11 is 0. The molecular formula is C16H24N4. The molecule has 1 fully saturated rings. The Bertz CT molecular complexity index is 523. The Labute approximate surface area is 120 Å². The minimum Gasteiger partial charge on any atom is -0.384 e. The van der Waals surface area contributed by atoms with Gasteiger partial charge in [0.25, 0.3) is 0 Å². The first-order chi connectivity index (χ1) is 9.70. The average molecular weight is 272 g/mol. The molecule has 2 heterocycles. The number of pyridine rings is 1. The summed E-state index contributed by atoms with van der Waals surface area (Å²) in [4.78, 5) is 7.30. The highest BCUT2D eigenvalue weighted by atomic mass is 15.2. The lowest BCUT2D eigenvalue weighted by Crippen LogP contribution is -2.32. The molecule has 3 rings (SSSR count). The zero-order valence-corrected chi connectivity index (χ0v) is 12.3. The minimum atomic E-state index is 0.155. The van der Waals surface area contributed by atoms with Crippen molar-refractivity contribution in [2.45, 2.75) is 57.9 Å². The monoisotopic (exact) mass is 272 g/mol. The average Bonchev–Trinajstić information content (AvgIpc) is 2.94. The summed E-state index contributed by atoms with van der Waals surface area (Å²) in [6.07, 6.45) is 8.20. The number of nitrogens with one attached hydrogen (secondary N) is 1. The van der Waals surface area contributed by atoms with E-state index in [-0.39, 0.29) is 5.84 Å². The van der Waals surface area contributed by atoms with Crippen LogP contribution in [0.4, 0.5) is 5.82 Å². The standard InChI is InChI=1S/C16H24N4/c1-2-12-7-5-9-20(12)16-13(15(17)18)10-11-6-3-4-8-14(11)19-16/h10,12H,2-9H2,1H3,(H3,17,18). The minimum absolute atomic E-state index is 0.155. The summed E-state index contributed by atoms with van der Waals surface area (Å²) in [5, 5.41) is 7.89. The second-order valence-electron chi connectivity index (χ2n) is 5.98. The number of nitrogen functional groups attached to an aromatic ring is 1. The summed E-state index contributed by atoms with van der Waals surface area (Å²) in [6.45, 7) is 3.28. The summed E-state index contributed by atoms with van der Waals surface area (Å²) in [5.41, 5.74) is 9.20. The molecule has 4 heteroatoms. The van der Waals surface area contributed by atoms with E-state index in [1.807, 2.05) is 0 Å². The lowest BCUT2D eigenvalue weighted by molar-refractivity contribution is 0.631. The van der Waals surface area contributed by atoms with Crippen LogP contribution in [0.25, 0.3) is 0 Å². The number of rotatable bonds is 3. The van der Waals surface area contributed by atoms with E-state index in [1.165, 1.54) is 36.9 Å². The quantitative estimate of drug-likeness (QED) is 0.656. The number of aryl methyl sites for hydroxylation is 2. The van der Waals surface area contributed by atoms with E-state index in [1.54, 1.807) is 0 Å². The van der Waals surface area contributed by atoms with Crippen molar-refractivity contribution >= 4 is 11.7 Å². The highest BCUT2D eigenvalue weighted by Crippen LogP contribution is 2.31. The van der Waals surface area contributed by atoms with Gasteiger partial charge in [-0.3, -0.25) is 5.41 Å². The molecule has 0 amide bonds. The molecule has 4 nitrogen and oxygen atoms in total. The number of hydrogen-bond acceptors (Lipinski definition) is 3. The summed E-state index contributed by atoms with van der Waals surface area (Å²) in [6, 6.07) is 2.69. The van der Waals surface area contributed by atoms with Crippen LogP contribution in [-0.4, -0.2) is 23.4 Å². The molecule has 1 unspecified atom stereocenters. The van der Waals surface area contributed by atoms with Crippen LogP contribution >= 0.6 is 0 Å². The molecule has 1 atom stereocenters. The first kappa shape index (κ1) is 13.4. The number of nitrogens with zero attached hydrogens (tertiary/aromatic N) is 2. The van der Waals surface area contributed by atoms with Gasteiger partial charge in [0, 0.05) is 18.3 Å². The Balaban J connectivity index is 2.05. The van der Waals surface area contributed by atoms with Crippen molar-refractivity contribution in [3.8, 4) is 0 Å². The van der Waals surface area contributed by atoms with Crippen LogP contribution in [0.15, 0.2) is 6.07 Å². The number of nitrogens with two attached hydrogens (primary N) is 1. The number of anilines is 1. The van der Waals surface area contributed by atoms with Crippen molar-refractivity contribution in [2.75, 3.05) is 11.4 Å².